The number of carbonyl (C=O) groups excluding carboxylic acids is 1. The Hall–Kier alpha value is -1.71. The van der Waals surface area contributed by atoms with Gasteiger partial charge in [-0.05, 0) is 30.7 Å². The molecule has 1 amide bonds. The van der Waals surface area contributed by atoms with E-state index in [0.29, 0.717) is 28.0 Å². The maximum Gasteiger partial charge on any atom is 0.258 e. The highest BCUT2D eigenvalue weighted by Crippen LogP contribution is 2.35. The van der Waals surface area contributed by atoms with Crippen LogP contribution < -0.4 is 9.64 Å². The lowest BCUT2D eigenvalue weighted by Gasteiger charge is -2.18. The summed E-state index contributed by atoms with van der Waals surface area (Å²) in [5.41, 5.74) is 1.22. The number of carbonyl (C=O) groups is 1. The van der Waals surface area contributed by atoms with Gasteiger partial charge in [0.05, 0.1) is 16.7 Å². The Kier molecular flexibility index (Phi) is 5.69. The smallest absolute Gasteiger partial charge is 0.258 e. The van der Waals surface area contributed by atoms with Gasteiger partial charge in [0.1, 0.15) is 0 Å². The van der Waals surface area contributed by atoms with Gasteiger partial charge in [0.2, 0.25) is 0 Å². The quantitative estimate of drug-likeness (QED) is 0.763. The minimum atomic E-state index is -0.183. The molecule has 0 N–H and O–H groups in total. The van der Waals surface area contributed by atoms with Gasteiger partial charge in [0.15, 0.2) is 5.75 Å². The first-order valence-corrected chi connectivity index (χ1v) is 7.75. The van der Waals surface area contributed by atoms with Gasteiger partial charge in [-0.25, -0.2) is 0 Å². The van der Waals surface area contributed by atoms with E-state index in [0.717, 1.165) is 12.1 Å². The lowest BCUT2D eigenvalue weighted by molar-refractivity contribution is 0.0993. The van der Waals surface area contributed by atoms with Crippen LogP contribution in [0.5, 0.6) is 5.75 Å². The molecule has 0 aliphatic heterocycles. The Morgan fingerprint density at radius 1 is 1.14 bits per heavy atom. The van der Waals surface area contributed by atoms with E-state index < -0.39 is 0 Å². The Morgan fingerprint density at radius 2 is 1.73 bits per heavy atom. The molecule has 0 fully saturated rings. The first kappa shape index (κ1) is 16.7. The normalized spacial score (nSPS) is 10.4. The monoisotopic (exact) mass is 337 g/mol. The van der Waals surface area contributed by atoms with E-state index >= 15 is 0 Å². The van der Waals surface area contributed by atoms with Crippen LogP contribution in [0.4, 0.5) is 5.69 Å². The molecule has 0 spiro atoms. The lowest BCUT2D eigenvalue weighted by Crippen LogP contribution is -2.26. The first-order chi connectivity index (χ1) is 10.5. The van der Waals surface area contributed by atoms with Crippen LogP contribution in [-0.4, -0.2) is 19.6 Å². The van der Waals surface area contributed by atoms with Gasteiger partial charge in [0, 0.05) is 18.3 Å². The molecule has 0 aliphatic carbocycles. The third kappa shape index (κ3) is 3.73. The minimum absolute atomic E-state index is 0.183. The van der Waals surface area contributed by atoms with Crippen molar-refractivity contribution < 1.29 is 9.53 Å². The number of halogens is 2. The van der Waals surface area contributed by atoms with Crippen molar-refractivity contribution in [3.05, 3.63) is 58.1 Å². The summed E-state index contributed by atoms with van der Waals surface area (Å²) >= 11 is 12.4. The van der Waals surface area contributed by atoms with Gasteiger partial charge < -0.3 is 9.64 Å². The fourth-order valence-electron chi connectivity index (χ4n) is 1.99. The molecule has 0 aromatic heterocycles. The molecule has 2 rings (SSSR count). The predicted molar refractivity (Wildman–Crippen MR) is 91.4 cm³/mol. The van der Waals surface area contributed by atoms with Crippen LogP contribution in [0.25, 0.3) is 0 Å². The molecule has 2 aromatic rings. The van der Waals surface area contributed by atoms with E-state index in [1.165, 1.54) is 0 Å². The number of anilines is 1. The van der Waals surface area contributed by atoms with Crippen molar-refractivity contribution in [3.8, 4) is 5.75 Å². The molecule has 0 saturated heterocycles. The average molecular weight is 338 g/mol. The number of benzene rings is 2. The average Bonchev–Trinajstić information content (AvgIpc) is 2.53. The summed E-state index contributed by atoms with van der Waals surface area (Å²) in [6.07, 6.45) is 0.851. The molecule has 0 unspecified atom stereocenters. The molecule has 116 valence electrons. The number of ether oxygens (including phenoxy) is 1. The highest BCUT2D eigenvalue weighted by molar-refractivity contribution is 6.37. The van der Waals surface area contributed by atoms with Crippen LogP contribution >= 0.6 is 23.2 Å². The van der Waals surface area contributed by atoms with Gasteiger partial charge in [-0.2, -0.15) is 0 Å². The molecule has 0 heterocycles. The molecular formula is C17H17Cl2NO2. The molecule has 3 nitrogen and oxygen atoms in total. The fraction of sp³-hybridized carbons (Fsp3) is 0.235. The second-order valence-corrected chi connectivity index (χ2v) is 5.63. The first-order valence-electron chi connectivity index (χ1n) is 6.99. The number of rotatable bonds is 5. The molecular weight excluding hydrogens is 321 g/mol. The number of para-hydroxylation sites is 1. The van der Waals surface area contributed by atoms with E-state index in [4.69, 9.17) is 27.9 Å². The standard InChI is InChI=1S/C17H17Cl2NO2/c1-3-9-22-16-14(18)10-12(11-15(16)19)17(21)20(2)13-7-5-4-6-8-13/h4-8,10-11H,3,9H2,1-2H3. The molecule has 0 saturated carbocycles. The number of hydrogen-bond donors (Lipinski definition) is 0. The summed E-state index contributed by atoms with van der Waals surface area (Å²) < 4.78 is 5.51. The number of hydrogen-bond acceptors (Lipinski definition) is 2. The van der Waals surface area contributed by atoms with Gasteiger partial charge in [-0.3, -0.25) is 4.79 Å². The summed E-state index contributed by atoms with van der Waals surface area (Å²) in [6.45, 7) is 2.52. The Morgan fingerprint density at radius 3 is 2.27 bits per heavy atom. The minimum Gasteiger partial charge on any atom is -0.490 e. The highest BCUT2D eigenvalue weighted by atomic mass is 35.5. The number of amides is 1. The predicted octanol–water partition coefficient (Wildman–Crippen LogP) is 5.06. The van der Waals surface area contributed by atoms with E-state index in [2.05, 4.69) is 0 Å². The fourth-order valence-corrected chi connectivity index (χ4v) is 2.58. The second kappa shape index (κ2) is 7.52. The Bertz CT molecular complexity index is 636. The van der Waals surface area contributed by atoms with Crippen molar-refractivity contribution in [3.63, 3.8) is 0 Å². The highest BCUT2D eigenvalue weighted by Gasteiger charge is 2.17. The third-order valence-corrected chi connectivity index (χ3v) is 3.71. The van der Waals surface area contributed by atoms with Crippen molar-refractivity contribution in [2.75, 3.05) is 18.6 Å². The van der Waals surface area contributed by atoms with Crippen molar-refractivity contribution >= 4 is 34.8 Å². The molecule has 0 atom stereocenters. The summed E-state index contributed by atoms with van der Waals surface area (Å²) in [4.78, 5) is 14.1. The summed E-state index contributed by atoms with van der Waals surface area (Å²) in [7, 11) is 1.71. The summed E-state index contributed by atoms with van der Waals surface area (Å²) in [6, 6.07) is 12.5. The van der Waals surface area contributed by atoms with Crippen molar-refractivity contribution in [1.29, 1.82) is 0 Å². The molecule has 5 heteroatoms. The van der Waals surface area contributed by atoms with Crippen molar-refractivity contribution in [2.45, 2.75) is 13.3 Å². The molecule has 0 bridgehead atoms. The third-order valence-electron chi connectivity index (χ3n) is 3.14. The van der Waals surface area contributed by atoms with E-state index in [1.807, 2.05) is 37.3 Å². The van der Waals surface area contributed by atoms with Gasteiger partial charge in [-0.15, -0.1) is 0 Å². The van der Waals surface area contributed by atoms with E-state index in [1.54, 1.807) is 24.1 Å². The van der Waals surface area contributed by atoms with Gasteiger partial charge >= 0.3 is 0 Å². The topological polar surface area (TPSA) is 29.5 Å². The summed E-state index contributed by atoms with van der Waals surface area (Å²) in [5, 5.41) is 0.677. The molecule has 22 heavy (non-hydrogen) atoms. The zero-order valence-corrected chi connectivity index (χ0v) is 14.0. The maximum absolute atomic E-state index is 12.5. The van der Waals surface area contributed by atoms with Crippen LogP contribution in [0.1, 0.15) is 23.7 Å². The maximum atomic E-state index is 12.5. The molecule has 2 aromatic carbocycles. The van der Waals surface area contributed by atoms with Crippen molar-refractivity contribution in [1.82, 2.24) is 0 Å². The molecule has 0 radical (unpaired) electrons. The van der Waals surface area contributed by atoms with Gasteiger partial charge in [-0.1, -0.05) is 48.3 Å². The van der Waals surface area contributed by atoms with Crippen LogP contribution in [0.2, 0.25) is 10.0 Å². The van der Waals surface area contributed by atoms with E-state index in [9.17, 15) is 4.79 Å². The summed E-state index contributed by atoms with van der Waals surface area (Å²) in [5.74, 6) is 0.237. The zero-order chi connectivity index (χ0) is 16.1. The Labute approximate surface area is 140 Å². The van der Waals surface area contributed by atoms with Crippen LogP contribution in [0.15, 0.2) is 42.5 Å². The molecule has 0 aliphatic rings. The SMILES string of the molecule is CCCOc1c(Cl)cc(C(=O)N(C)c2ccccc2)cc1Cl. The van der Waals surface area contributed by atoms with Crippen molar-refractivity contribution in [2.24, 2.45) is 0 Å². The van der Waals surface area contributed by atoms with Crippen LogP contribution in [0.3, 0.4) is 0 Å². The lowest BCUT2D eigenvalue weighted by atomic mass is 10.1. The second-order valence-electron chi connectivity index (χ2n) is 4.82. The largest absolute Gasteiger partial charge is 0.490 e. The van der Waals surface area contributed by atoms with Crippen LogP contribution in [0, 0.1) is 0 Å². The van der Waals surface area contributed by atoms with Crippen LogP contribution in [-0.2, 0) is 0 Å². The van der Waals surface area contributed by atoms with E-state index in [-0.39, 0.29) is 5.91 Å². The number of nitrogens with zero attached hydrogens (tertiary/aromatic N) is 1. The van der Waals surface area contributed by atoms with Gasteiger partial charge in [0.25, 0.3) is 5.91 Å². The zero-order valence-electron chi connectivity index (χ0n) is 12.5. The Balaban J connectivity index is 2.27.